The van der Waals surface area contributed by atoms with Crippen molar-refractivity contribution in [2.24, 2.45) is 11.8 Å². The highest BCUT2D eigenvalue weighted by Crippen LogP contribution is 2.23. The minimum absolute atomic E-state index is 0.483. The number of hydrogen-bond acceptors (Lipinski definition) is 2. The predicted octanol–water partition coefficient (Wildman–Crippen LogP) is 3.32. The van der Waals surface area contributed by atoms with Gasteiger partial charge in [0.1, 0.15) is 0 Å². The van der Waals surface area contributed by atoms with Gasteiger partial charge in [0.05, 0.1) is 0 Å². The van der Waals surface area contributed by atoms with Gasteiger partial charge in [-0.1, -0.05) is 51.1 Å². The van der Waals surface area contributed by atoms with E-state index in [0.29, 0.717) is 12.0 Å². The molecule has 1 fully saturated rings. The minimum atomic E-state index is 0.483. The fourth-order valence-corrected chi connectivity index (χ4v) is 3.06. The van der Waals surface area contributed by atoms with Crippen molar-refractivity contribution < 1.29 is 0 Å². The summed E-state index contributed by atoms with van der Waals surface area (Å²) in [5, 5.41) is 3.80. The van der Waals surface area contributed by atoms with Crippen molar-refractivity contribution in [1.29, 1.82) is 0 Å². The molecule has 0 aromatic heterocycles. The Morgan fingerprint density at radius 1 is 1.26 bits per heavy atom. The smallest absolute Gasteiger partial charge is 0.0343 e. The Labute approximate surface area is 118 Å². The number of likely N-dealkylation sites (tertiary alicyclic amines) is 1. The second-order valence-electron chi connectivity index (χ2n) is 6.09. The van der Waals surface area contributed by atoms with E-state index in [1.807, 2.05) is 0 Å². The summed E-state index contributed by atoms with van der Waals surface area (Å²) in [6.07, 6.45) is 1.35. The highest BCUT2D eigenvalue weighted by molar-refractivity contribution is 5.19. The Bertz CT molecular complexity index is 361. The van der Waals surface area contributed by atoms with Gasteiger partial charge in [-0.05, 0) is 43.5 Å². The molecule has 106 valence electrons. The van der Waals surface area contributed by atoms with Crippen LogP contribution >= 0.6 is 0 Å². The maximum absolute atomic E-state index is 3.80. The van der Waals surface area contributed by atoms with Gasteiger partial charge in [0.2, 0.25) is 0 Å². The summed E-state index contributed by atoms with van der Waals surface area (Å²) in [6, 6.07) is 11.3. The molecule has 1 aliphatic heterocycles. The Morgan fingerprint density at radius 2 is 2.00 bits per heavy atom. The monoisotopic (exact) mass is 260 g/mol. The molecule has 19 heavy (non-hydrogen) atoms. The van der Waals surface area contributed by atoms with Crippen LogP contribution in [-0.2, 0) is 0 Å². The lowest BCUT2D eigenvalue weighted by atomic mass is 9.95. The van der Waals surface area contributed by atoms with Crippen LogP contribution in [-0.4, -0.2) is 31.1 Å². The first-order valence-corrected chi connectivity index (χ1v) is 7.71. The van der Waals surface area contributed by atoms with Crippen molar-refractivity contribution in [1.82, 2.24) is 10.2 Å². The highest BCUT2D eigenvalue weighted by atomic mass is 15.1. The number of nitrogens with one attached hydrogen (secondary N) is 1. The second-order valence-corrected chi connectivity index (χ2v) is 6.09. The molecule has 1 saturated heterocycles. The molecule has 2 nitrogen and oxygen atoms in total. The number of hydrogen-bond donors (Lipinski definition) is 1. The lowest BCUT2D eigenvalue weighted by Crippen LogP contribution is -2.32. The number of benzene rings is 1. The molecule has 2 unspecified atom stereocenters. The quantitative estimate of drug-likeness (QED) is 0.844. The third-order valence-electron chi connectivity index (χ3n) is 4.27. The van der Waals surface area contributed by atoms with Crippen LogP contribution in [0.2, 0.25) is 0 Å². The molecule has 2 heteroatoms. The van der Waals surface area contributed by atoms with Gasteiger partial charge in [-0.2, -0.15) is 0 Å². The van der Waals surface area contributed by atoms with Crippen molar-refractivity contribution in [3.05, 3.63) is 35.9 Å². The van der Waals surface area contributed by atoms with Crippen molar-refractivity contribution in [3.8, 4) is 0 Å². The van der Waals surface area contributed by atoms with Gasteiger partial charge in [0.25, 0.3) is 0 Å². The molecule has 2 atom stereocenters. The van der Waals surface area contributed by atoms with E-state index in [2.05, 4.69) is 61.3 Å². The molecule has 0 spiro atoms. The van der Waals surface area contributed by atoms with E-state index in [0.717, 1.165) is 12.5 Å². The van der Waals surface area contributed by atoms with Gasteiger partial charge in [0.15, 0.2) is 0 Å². The van der Waals surface area contributed by atoms with E-state index in [4.69, 9.17) is 0 Å². The molecule has 1 N–H and O–H groups in total. The van der Waals surface area contributed by atoms with Gasteiger partial charge in [-0.3, -0.25) is 0 Å². The maximum Gasteiger partial charge on any atom is 0.0343 e. The Kier molecular flexibility index (Phi) is 5.41. The average molecular weight is 260 g/mol. The van der Waals surface area contributed by atoms with Crippen molar-refractivity contribution in [2.45, 2.75) is 33.2 Å². The second kappa shape index (κ2) is 7.06. The lowest BCUT2D eigenvalue weighted by Gasteiger charge is -2.25. The van der Waals surface area contributed by atoms with Gasteiger partial charge in [-0.15, -0.1) is 0 Å². The average Bonchev–Trinajstić information content (AvgIpc) is 2.88. The number of nitrogens with zero attached hydrogens (tertiary/aromatic N) is 1. The first-order chi connectivity index (χ1) is 9.20. The fraction of sp³-hybridized carbons (Fsp3) is 0.647. The minimum Gasteiger partial charge on any atom is -0.309 e. The van der Waals surface area contributed by atoms with Crippen LogP contribution < -0.4 is 5.32 Å². The first kappa shape index (κ1) is 14.5. The van der Waals surface area contributed by atoms with Crippen LogP contribution in [0.4, 0.5) is 0 Å². The summed E-state index contributed by atoms with van der Waals surface area (Å²) >= 11 is 0. The van der Waals surface area contributed by atoms with Gasteiger partial charge in [0, 0.05) is 12.6 Å². The van der Waals surface area contributed by atoms with Crippen molar-refractivity contribution >= 4 is 0 Å². The van der Waals surface area contributed by atoms with E-state index in [1.165, 1.54) is 31.6 Å². The fourth-order valence-electron chi connectivity index (χ4n) is 3.06. The molecule has 1 aromatic carbocycles. The molecule has 0 bridgehead atoms. The summed E-state index contributed by atoms with van der Waals surface area (Å²) in [4.78, 5) is 2.55. The highest BCUT2D eigenvalue weighted by Gasteiger charge is 2.23. The molecular formula is C17H28N2. The lowest BCUT2D eigenvalue weighted by molar-refractivity contribution is 0.326. The van der Waals surface area contributed by atoms with E-state index in [1.54, 1.807) is 0 Å². The molecule has 0 saturated carbocycles. The molecule has 1 heterocycles. The van der Waals surface area contributed by atoms with E-state index in [-0.39, 0.29) is 0 Å². The largest absolute Gasteiger partial charge is 0.309 e. The summed E-state index contributed by atoms with van der Waals surface area (Å²) in [5.74, 6) is 1.45. The molecule has 0 radical (unpaired) electrons. The molecule has 1 aliphatic rings. The van der Waals surface area contributed by atoms with E-state index in [9.17, 15) is 0 Å². The summed E-state index contributed by atoms with van der Waals surface area (Å²) in [6.45, 7) is 11.8. The van der Waals surface area contributed by atoms with Gasteiger partial charge < -0.3 is 10.2 Å². The Hall–Kier alpha value is -0.860. The predicted molar refractivity (Wildman–Crippen MR) is 82.2 cm³/mol. The molecule has 1 aromatic rings. The van der Waals surface area contributed by atoms with Crippen molar-refractivity contribution in [3.63, 3.8) is 0 Å². The maximum atomic E-state index is 3.80. The Morgan fingerprint density at radius 3 is 2.58 bits per heavy atom. The summed E-state index contributed by atoms with van der Waals surface area (Å²) in [7, 11) is 0. The van der Waals surface area contributed by atoms with E-state index < -0.39 is 0 Å². The van der Waals surface area contributed by atoms with Crippen molar-refractivity contribution in [2.75, 3.05) is 26.2 Å². The van der Waals surface area contributed by atoms with E-state index >= 15 is 0 Å². The molecular weight excluding hydrogens is 232 g/mol. The summed E-state index contributed by atoms with van der Waals surface area (Å²) in [5.41, 5.74) is 1.42. The standard InChI is InChI=1S/C17H28N2/c1-4-19-11-10-15(13-19)12-18-17(14(2)3)16-8-6-5-7-9-16/h5-9,14-15,17-18H,4,10-13H2,1-3H3. The topological polar surface area (TPSA) is 15.3 Å². The zero-order chi connectivity index (χ0) is 13.7. The summed E-state index contributed by atoms with van der Waals surface area (Å²) < 4.78 is 0. The third-order valence-corrected chi connectivity index (χ3v) is 4.27. The SMILES string of the molecule is CCN1CCC(CNC(c2ccccc2)C(C)C)C1. The van der Waals surface area contributed by atoms with Crippen LogP contribution in [0, 0.1) is 11.8 Å². The van der Waals surface area contributed by atoms with Crippen LogP contribution in [0.15, 0.2) is 30.3 Å². The van der Waals surface area contributed by atoms with Crippen LogP contribution in [0.3, 0.4) is 0 Å². The van der Waals surface area contributed by atoms with Crippen LogP contribution in [0.25, 0.3) is 0 Å². The van der Waals surface area contributed by atoms with Gasteiger partial charge in [-0.25, -0.2) is 0 Å². The zero-order valence-electron chi connectivity index (χ0n) is 12.6. The molecule has 2 rings (SSSR count). The first-order valence-electron chi connectivity index (χ1n) is 7.71. The van der Waals surface area contributed by atoms with Gasteiger partial charge >= 0.3 is 0 Å². The normalized spacial score (nSPS) is 22.0. The van der Waals surface area contributed by atoms with Crippen LogP contribution in [0.5, 0.6) is 0 Å². The molecule has 0 aliphatic carbocycles. The third kappa shape index (κ3) is 4.05. The molecule has 0 amide bonds. The number of rotatable bonds is 6. The van der Waals surface area contributed by atoms with Crippen LogP contribution in [0.1, 0.15) is 38.8 Å². The zero-order valence-corrected chi connectivity index (χ0v) is 12.6. The Balaban J connectivity index is 1.88.